The van der Waals surface area contributed by atoms with Crippen molar-refractivity contribution >= 4 is 5.82 Å². The first-order valence-corrected chi connectivity index (χ1v) is 7.26. The number of nitrogens with one attached hydrogen (secondary N) is 1. The Morgan fingerprint density at radius 3 is 2.90 bits per heavy atom. The van der Waals surface area contributed by atoms with Crippen LogP contribution in [0.2, 0.25) is 0 Å². The fraction of sp³-hybridized carbons (Fsp3) is 0.438. The summed E-state index contributed by atoms with van der Waals surface area (Å²) < 4.78 is 19.0. The lowest BCUT2D eigenvalue weighted by Crippen LogP contribution is -2.22. The largest absolute Gasteiger partial charge is 0.464 e. The molecule has 3 rings (SSSR count). The molecule has 0 unspecified atom stereocenters. The number of aryl methyl sites for hydroxylation is 1. The van der Waals surface area contributed by atoms with Crippen molar-refractivity contribution in [2.24, 2.45) is 0 Å². The van der Waals surface area contributed by atoms with Crippen molar-refractivity contribution in [1.82, 2.24) is 10.3 Å². The summed E-state index contributed by atoms with van der Waals surface area (Å²) in [4.78, 5) is 6.24. The van der Waals surface area contributed by atoms with E-state index in [-0.39, 0.29) is 5.82 Å². The van der Waals surface area contributed by atoms with E-state index in [1.807, 2.05) is 31.0 Å². The van der Waals surface area contributed by atoms with Crippen molar-refractivity contribution in [3.63, 3.8) is 0 Å². The van der Waals surface area contributed by atoms with E-state index >= 15 is 0 Å². The summed E-state index contributed by atoms with van der Waals surface area (Å²) in [5, 5.41) is 3.41. The Labute approximate surface area is 124 Å². The molecular weight excluding hydrogens is 269 g/mol. The zero-order valence-corrected chi connectivity index (χ0v) is 12.4. The molecule has 2 aromatic heterocycles. The Bertz CT molecular complexity index is 622. The molecular formula is C16H20FN3O. The molecule has 1 aliphatic carbocycles. The topological polar surface area (TPSA) is 41.3 Å². The molecule has 0 aliphatic heterocycles. The third-order valence-corrected chi connectivity index (χ3v) is 3.62. The van der Waals surface area contributed by atoms with Crippen molar-refractivity contribution < 1.29 is 8.81 Å². The van der Waals surface area contributed by atoms with Gasteiger partial charge in [-0.2, -0.15) is 0 Å². The molecule has 1 fully saturated rings. The van der Waals surface area contributed by atoms with Gasteiger partial charge in [-0.3, -0.25) is 0 Å². The summed E-state index contributed by atoms with van der Waals surface area (Å²) in [6.45, 7) is 3.18. The number of rotatable bonds is 6. The van der Waals surface area contributed by atoms with Gasteiger partial charge in [-0.05, 0) is 38.0 Å². The molecule has 4 nitrogen and oxygen atoms in total. The Morgan fingerprint density at radius 2 is 2.24 bits per heavy atom. The number of pyridine rings is 1. The van der Waals surface area contributed by atoms with Crippen LogP contribution in [0.25, 0.3) is 0 Å². The van der Waals surface area contributed by atoms with Crippen LogP contribution >= 0.6 is 0 Å². The second-order valence-corrected chi connectivity index (χ2v) is 5.66. The van der Waals surface area contributed by atoms with Gasteiger partial charge >= 0.3 is 0 Å². The van der Waals surface area contributed by atoms with Gasteiger partial charge in [-0.15, -0.1) is 0 Å². The molecule has 2 aromatic rings. The Morgan fingerprint density at radius 1 is 1.43 bits per heavy atom. The highest BCUT2D eigenvalue weighted by molar-refractivity contribution is 5.46. The van der Waals surface area contributed by atoms with E-state index < -0.39 is 0 Å². The highest BCUT2D eigenvalue weighted by Crippen LogP contribution is 2.23. The predicted molar refractivity (Wildman–Crippen MR) is 79.6 cm³/mol. The minimum Gasteiger partial charge on any atom is -0.464 e. The van der Waals surface area contributed by atoms with Crippen molar-refractivity contribution in [1.29, 1.82) is 0 Å². The average molecular weight is 289 g/mol. The van der Waals surface area contributed by atoms with Gasteiger partial charge in [0.15, 0.2) is 0 Å². The Balaban J connectivity index is 1.75. The van der Waals surface area contributed by atoms with Crippen molar-refractivity contribution in [2.75, 3.05) is 11.9 Å². The molecule has 0 amide bonds. The lowest BCUT2D eigenvalue weighted by molar-refractivity contribution is 0.481. The second kappa shape index (κ2) is 5.85. The van der Waals surface area contributed by atoms with Crippen LogP contribution in [0.3, 0.4) is 0 Å². The van der Waals surface area contributed by atoms with Crippen LogP contribution < -0.4 is 10.2 Å². The first-order valence-electron chi connectivity index (χ1n) is 7.26. The molecule has 0 saturated heterocycles. The standard InChI is InChI=1S/C16H20FN3O/c1-11-3-6-15(21-11)10-20(2)16-12(7-13(17)9-19-16)8-18-14-4-5-14/h3,6-7,9,14,18H,4-5,8,10H2,1-2H3. The van der Waals surface area contributed by atoms with Gasteiger partial charge in [-0.25, -0.2) is 9.37 Å². The number of hydrogen-bond donors (Lipinski definition) is 1. The lowest BCUT2D eigenvalue weighted by atomic mass is 10.2. The molecule has 112 valence electrons. The van der Waals surface area contributed by atoms with E-state index in [1.54, 1.807) is 6.07 Å². The van der Waals surface area contributed by atoms with Gasteiger partial charge in [0.1, 0.15) is 23.2 Å². The van der Waals surface area contributed by atoms with Gasteiger partial charge in [0.05, 0.1) is 12.7 Å². The number of nitrogens with zero attached hydrogens (tertiary/aromatic N) is 2. The van der Waals surface area contributed by atoms with Crippen LogP contribution in [-0.4, -0.2) is 18.1 Å². The summed E-state index contributed by atoms with van der Waals surface area (Å²) in [6.07, 6.45) is 3.68. The van der Waals surface area contributed by atoms with Crippen molar-refractivity contribution in [3.8, 4) is 0 Å². The van der Waals surface area contributed by atoms with E-state index in [0.717, 1.165) is 22.9 Å². The van der Waals surface area contributed by atoms with Gasteiger partial charge in [0.25, 0.3) is 0 Å². The van der Waals surface area contributed by atoms with Gasteiger partial charge in [0, 0.05) is 25.2 Å². The van der Waals surface area contributed by atoms with Crippen molar-refractivity contribution in [2.45, 2.75) is 38.9 Å². The van der Waals surface area contributed by atoms with Crippen LogP contribution in [0.4, 0.5) is 10.2 Å². The molecule has 1 aliphatic rings. The summed E-state index contributed by atoms with van der Waals surface area (Å²) in [7, 11) is 1.94. The molecule has 0 spiro atoms. The highest BCUT2D eigenvalue weighted by atomic mass is 19.1. The van der Waals surface area contributed by atoms with E-state index in [9.17, 15) is 4.39 Å². The first kappa shape index (κ1) is 14.1. The number of anilines is 1. The summed E-state index contributed by atoms with van der Waals surface area (Å²) in [5.41, 5.74) is 0.882. The van der Waals surface area contributed by atoms with Gasteiger partial charge in [-0.1, -0.05) is 0 Å². The third-order valence-electron chi connectivity index (χ3n) is 3.62. The zero-order valence-electron chi connectivity index (χ0n) is 12.4. The Hall–Kier alpha value is -1.88. The molecule has 1 N–H and O–H groups in total. The molecule has 0 atom stereocenters. The Kier molecular flexibility index (Phi) is 3.92. The molecule has 0 aromatic carbocycles. The van der Waals surface area contributed by atoms with Gasteiger partial charge < -0.3 is 14.6 Å². The van der Waals surface area contributed by atoms with Crippen LogP contribution in [-0.2, 0) is 13.1 Å². The number of halogens is 1. The van der Waals surface area contributed by atoms with Crippen LogP contribution in [0.15, 0.2) is 28.8 Å². The normalized spacial score (nSPS) is 14.4. The number of furan rings is 1. The lowest BCUT2D eigenvalue weighted by Gasteiger charge is -2.20. The van der Waals surface area contributed by atoms with E-state index in [4.69, 9.17) is 4.42 Å². The number of aromatic nitrogens is 1. The average Bonchev–Trinajstić information content (AvgIpc) is 3.19. The fourth-order valence-corrected chi connectivity index (χ4v) is 2.37. The molecule has 0 radical (unpaired) electrons. The summed E-state index contributed by atoms with van der Waals surface area (Å²) in [6, 6.07) is 6.04. The maximum atomic E-state index is 13.5. The van der Waals surface area contributed by atoms with E-state index in [0.29, 0.717) is 19.1 Å². The zero-order chi connectivity index (χ0) is 14.8. The van der Waals surface area contributed by atoms with Crippen LogP contribution in [0, 0.1) is 12.7 Å². The third kappa shape index (κ3) is 3.61. The van der Waals surface area contributed by atoms with E-state index in [2.05, 4.69) is 10.3 Å². The molecule has 2 heterocycles. The molecule has 1 saturated carbocycles. The highest BCUT2D eigenvalue weighted by Gasteiger charge is 2.21. The monoisotopic (exact) mass is 289 g/mol. The maximum Gasteiger partial charge on any atom is 0.141 e. The van der Waals surface area contributed by atoms with Crippen LogP contribution in [0.1, 0.15) is 29.9 Å². The fourth-order valence-electron chi connectivity index (χ4n) is 2.37. The van der Waals surface area contributed by atoms with Crippen LogP contribution in [0.5, 0.6) is 0 Å². The second-order valence-electron chi connectivity index (χ2n) is 5.66. The van der Waals surface area contributed by atoms with E-state index in [1.165, 1.54) is 19.0 Å². The summed E-state index contributed by atoms with van der Waals surface area (Å²) >= 11 is 0. The number of hydrogen-bond acceptors (Lipinski definition) is 4. The smallest absolute Gasteiger partial charge is 0.141 e. The van der Waals surface area contributed by atoms with Gasteiger partial charge in [0.2, 0.25) is 0 Å². The summed E-state index contributed by atoms with van der Waals surface area (Å²) in [5.74, 6) is 2.26. The minimum absolute atomic E-state index is 0.298. The molecule has 0 bridgehead atoms. The minimum atomic E-state index is -0.298. The SMILES string of the molecule is Cc1ccc(CN(C)c2ncc(F)cc2CNC2CC2)o1. The molecule has 5 heteroatoms. The predicted octanol–water partition coefficient (Wildman–Crippen LogP) is 3.01. The molecule has 21 heavy (non-hydrogen) atoms. The quantitative estimate of drug-likeness (QED) is 0.887. The van der Waals surface area contributed by atoms with Crippen molar-refractivity contribution in [3.05, 3.63) is 47.3 Å². The maximum absolute atomic E-state index is 13.5. The first-order chi connectivity index (χ1) is 10.1.